The van der Waals surface area contributed by atoms with E-state index in [-0.39, 0.29) is 18.8 Å². The third-order valence-corrected chi connectivity index (χ3v) is 2.17. The quantitative estimate of drug-likeness (QED) is 0.752. The summed E-state index contributed by atoms with van der Waals surface area (Å²) in [5.41, 5.74) is 0.986. The Morgan fingerprint density at radius 1 is 1.40 bits per heavy atom. The summed E-state index contributed by atoms with van der Waals surface area (Å²) in [6.07, 6.45) is -2.84. The number of ether oxygens (including phenoxy) is 1. The van der Waals surface area contributed by atoms with E-state index in [1.54, 1.807) is 6.07 Å². The normalized spacial score (nSPS) is 11.2. The molecule has 2 N–H and O–H groups in total. The van der Waals surface area contributed by atoms with Crippen LogP contribution in [0.25, 0.3) is 0 Å². The standard InChI is InChI=1S/C12H16F3N3O2/c1-2-16-9-3-4-10(18-7-9)11(19)17-5-6-20-8-12(13,14)15/h3-4,7,16H,2,5-6,8H2,1H3,(H,17,19). The van der Waals surface area contributed by atoms with Gasteiger partial charge in [-0.1, -0.05) is 0 Å². The van der Waals surface area contributed by atoms with E-state index in [0.29, 0.717) is 0 Å². The third kappa shape index (κ3) is 6.37. The molecular formula is C12H16F3N3O2. The first kappa shape index (κ1) is 16.2. The molecule has 0 atom stereocenters. The molecule has 112 valence electrons. The average molecular weight is 291 g/mol. The lowest BCUT2D eigenvalue weighted by molar-refractivity contribution is -0.173. The number of halogens is 3. The van der Waals surface area contributed by atoms with E-state index in [1.165, 1.54) is 12.3 Å². The number of amides is 1. The minimum atomic E-state index is -4.35. The van der Waals surface area contributed by atoms with Crippen LogP contribution in [0.4, 0.5) is 18.9 Å². The number of aromatic nitrogens is 1. The number of alkyl halides is 3. The monoisotopic (exact) mass is 291 g/mol. The summed E-state index contributed by atoms with van der Waals surface area (Å²) in [5, 5.41) is 5.45. The Bertz CT molecular complexity index is 421. The molecule has 0 aromatic carbocycles. The van der Waals surface area contributed by atoms with E-state index in [2.05, 4.69) is 20.4 Å². The first-order valence-electron chi connectivity index (χ1n) is 6.05. The van der Waals surface area contributed by atoms with Crippen LogP contribution in [0.1, 0.15) is 17.4 Å². The van der Waals surface area contributed by atoms with Crippen molar-refractivity contribution in [2.24, 2.45) is 0 Å². The zero-order chi connectivity index (χ0) is 15.0. The molecule has 0 aliphatic rings. The first-order chi connectivity index (χ1) is 9.42. The van der Waals surface area contributed by atoms with E-state index in [1.807, 2.05) is 6.92 Å². The van der Waals surface area contributed by atoms with Crippen molar-refractivity contribution in [1.29, 1.82) is 0 Å². The molecule has 1 aromatic rings. The molecule has 20 heavy (non-hydrogen) atoms. The fraction of sp³-hybridized carbons (Fsp3) is 0.500. The van der Waals surface area contributed by atoms with Crippen LogP contribution in [0.5, 0.6) is 0 Å². The van der Waals surface area contributed by atoms with Crippen LogP contribution in [0.3, 0.4) is 0 Å². The number of hydrogen-bond acceptors (Lipinski definition) is 4. The summed E-state index contributed by atoms with van der Waals surface area (Å²) < 4.78 is 39.7. The molecule has 0 saturated carbocycles. The summed E-state index contributed by atoms with van der Waals surface area (Å²) in [7, 11) is 0. The van der Waals surface area contributed by atoms with Gasteiger partial charge in [-0.25, -0.2) is 4.98 Å². The Morgan fingerprint density at radius 3 is 2.70 bits per heavy atom. The van der Waals surface area contributed by atoms with Gasteiger partial charge in [0.05, 0.1) is 18.5 Å². The Balaban J connectivity index is 2.28. The molecule has 1 aromatic heterocycles. The summed E-state index contributed by atoms with van der Waals surface area (Å²) in [5.74, 6) is -0.455. The highest BCUT2D eigenvalue weighted by molar-refractivity contribution is 5.92. The second-order valence-corrected chi connectivity index (χ2v) is 3.89. The largest absolute Gasteiger partial charge is 0.411 e. The Hall–Kier alpha value is -1.83. The van der Waals surface area contributed by atoms with Gasteiger partial charge in [0.1, 0.15) is 12.3 Å². The van der Waals surface area contributed by atoms with Gasteiger partial charge in [0.2, 0.25) is 0 Å². The van der Waals surface area contributed by atoms with Gasteiger partial charge in [0, 0.05) is 13.1 Å². The maximum atomic E-state index is 11.8. The van der Waals surface area contributed by atoms with Crippen molar-refractivity contribution < 1.29 is 22.7 Å². The SMILES string of the molecule is CCNc1ccc(C(=O)NCCOCC(F)(F)F)nc1. The predicted octanol–water partition coefficient (Wildman–Crippen LogP) is 1.82. The van der Waals surface area contributed by atoms with Crippen molar-refractivity contribution in [3.8, 4) is 0 Å². The van der Waals surface area contributed by atoms with Crippen molar-refractivity contribution in [1.82, 2.24) is 10.3 Å². The van der Waals surface area contributed by atoms with Gasteiger partial charge in [-0.3, -0.25) is 4.79 Å². The molecule has 0 bridgehead atoms. The van der Waals surface area contributed by atoms with E-state index in [4.69, 9.17) is 0 Å². The molecule has 0 unspecified atom stereocenters. The van der Waals surface area contributed by atoms with E-state index >= 15 is 0 Å². The highest BCUT2D eigenvalue weighted by Gasteiger charge is 2.27. The minimum absolute atomic E-state index is 0.00838. The van der Waals surface area contributed by atoms with E-state index in [0.717, 1.165) is 12.2 Å². The molecule has 1 heterocycles. The molecule has 0 aliphatic heterocycles. The van der Waals surface area contributed by atoms with Crippen molar-refractivity contribution in [3.05, 3.63) is 24.0 Å². The second-order valence-electron chi connectivity index (χ2n) is 3.89. The molecule has 0 fully saturated rings. The number of rotatable bonds is 7. The minimum Gasteiger partial charge on any atom is -0.384 e. The topological polar surface area (TPSA) is 63.2 Å². The highest BCUT2D eigenvalue weighted by atomic mass is 19.4. The van der Waals surface area contributed by atoms with Crippen LogP contribution in [0.2, 0.25) is 0 Å². The summed E-state index contributed by atoms with van der Waals surface area (Å²) in [4.78, 5) is 15.5. The Labute approximate surface area is 114 Å². The summed E-state index contributed by atoms with van der Waals surface area (Å²) >= 11 is 0. The van der Waals surface area contributed by atoms with Crippen molar-refractivity contribution in [2.75, 3.05) is 31.6 Å². The average Bonchev–Trinajstić information content (AvgIpc) is 2.38. The van der Waals surface area contributed by atoms with Gasteiger partial charge in [-0.2, -0.15) is 13.2 Å². The number of carbonyl (C=O) groups excluding carboxylic acids is 1. The van der Waals surface area contributed by atoms with Gasteiger partial charge in [-0.05, 0) is 19.1 Å². The molecule has 0 aliphatic carbocycles. The number of anilines is 1. The van der Waals surface area contributed by atoms with Gasteiger partial charge in [0.15, 0.2) is 0 Å². The lowest BCUT2D eigenvalue weighted by Gasteiger charge is -2.08. The lowest BCUT2D eigenvalue weighted by atomic mass is 10.3. The molecule has 1 amide bonds. The van der Waals surface area contributed by atoms with Crippen LogP contribution in [-0.2, 0) is 4.74 Å². The molecule has 0 spiro atoms. The Morgan fingerprint density at radius 2 is 2.15 bits per heavy atom. The van der Waals surface area contributed by atoms with Crippen molar-refractivity contribution >= 4 is 11.6 Å². The molecule has 0 saturated heterocycles. The lowest BCUT2D eigenvalue weighted by Crippen LogP contribution is -2.29. The second kappa shape index (κ2) is 7.68. The number of nitrogens with one attached hydrogen (secondary N) is 2. The van der Waals surface area contributed by atoms with Gasteiger partial charge in [0.25, 0.3) is 5.91 Å². The number of carbonyl (C=O) groups is 1. The maximum Gasteiger partial charge on any atom is 0.411 e. The summed E-state index contributed by atoms with van der Waals surface area (Å²) in [6, 6.07) is 3.23. The van der Waals surface area contributed by atoms with Gasteiger partial charge >= 0.3 is 6.18 Å². The number of pyridine rings is 1. The third-order valence-electron chi connectivity index (χ3n) is 2.17. The van der Waals surface area contributed by atoms with E-state index in [9.17, 15) is 18.0 Å². The highest BCUT2D eigenvalue weighted by Crippen LogP contribution is 2.13. The molecular weight excluding hydrogens is 275 g/mol. The number of nitrogens with zero attached hydrogens (tertiary/aromatic N) is 1. The molecule has 1 rings (SSSR count). The first-order valence-corrected chi connectivity index (χ1v) is 6.05. The zero-order valence-electron chi connectivity index (χ0n) is 11.0. The van der Waals surface area contributed by atoms with Crippen molar-refractivity contribution in [2.45, 2.75) is 13.1 Å². The predicted molar refractivity (Wildman–Crippen MR) is 67.6 cm³/mol. The van der Waals surface area contributed by atoms with Crippen LogP contribution < -0.4 is 10.6 Å². The van der Waals surface area contributed by atoms with Crippen LogP contribution >= 0.6 is 0 Å². The van der Waals surface area contributed by atoms with Crippen LogP contribution in [0.15, 0.2) is 18.3 Å². The fourth-order valence-corrected chi connectivity index (χ4v) is 1.35. The fourth-order valence-electron chi connectivity index (χ4n) is 1.35. The zero-order valence-corrected chi connectivity index (χ0v) is 11.0. The smallest absolute Gasteiger partial charge is 0.384 e. The van der Waals surface area contributed by atoms with E-state index < -0.39 is 18.7 Å². The number of hydrogen-bond donors (Lipinski definition) is 2. The van der Waals surface area contributed by atoms with Gasteiger partial charge in [-0.15, -0.1) is 0 Å². The molecule has 0 radical (unpaired) electrons. The molecule has 8 heteroatoms. The Kier molecular flexibility index (Phi) is 6.23. The molecule has 5 nitrogen and oxygen atoms in total. The maximum absolute atomic E-state index is 11.8. The summed E-state index contributed by atoms with van der Waals surface area (Å²) in [6.45, 7) is 1.14. The van der Waals surface area contributed by atoms with Crippen LogP contribution in [0, 0.1) is 0 Å². The van der Waals surface area contributed by atoms with Crippen molar-refractivity contribution in [3.63, 3.8) is 0 Å². The van der Waals surface area contributed by atoms with Gasteiger partial charge < -0.3 is 15.4 Å². The van der Waals surface area contributed by atoms with Crippen LogP contribution in [-0.4, -0.2) is 43.4 Å².